The molecule has 5 atom stereocenters. The zero-order valence-electron chi connectivity index (χ0n) is 32.7. The summed E-state index contributed by atoms with van der Waals surface area (Å²) in [5.41, 5.74) is -11.0. The number of carbonyl (C=O) groups is 5. The van der Waals surface area contributed by atoms with Crippen LogP contribution in [-0.2, 0) is 23.7 Å². The summed E-state index contributed by atoms with van der Waals surface area (Å²) in [6.45, 7) is -1.50. The Morgan fingerprint density at radius 3 is 1.33 bits per heavy atom. The molecule has 0 saturated heterocycles. The van der Waals surface area contributed by atoms with Crippen LogP contribution in [0.25, 0.3) is 22.3 Å². The van der Waals surface area contributed by atoms with E-state index < -0.39 is 209 Å². The van der Waals surface area contributed by atoms with Crippen molar-refractivity contribution in [3.8, 4) is 108 Å². The third-order valence-electron chi connectivity index (χ3n) is 10.9. The van der Waals surface area contributed by atoms with Crippen LogP contribution < -0.4 is 0 Å². The molecule has 4 aliphatic heterocycles. The summed E-state index contributed by atoms with van der Waals surface area (Å²) in [6.07, 6.45) is -13.4. The highest BCUT2D eigenvalue weighted by Gasteiger charge is 2.54. The van der Waals surface area contributed by atoms with Crippen LogP contribution in [0.5, 0.6) is 86.2 Å². The Balaban J connectivity index is 1.42. The van der Waals surface area contributed by atoms with Gasteiger partial charge < -0.3 is 105 Å². The maximum absolute atomic E-state index is 14.6. The molecular weight excluding hydrogens is 908 g/mol. The number of ether oxygens (including phenoxy) is 5. The summed E-state index contributed by atoms with van der Waals surface area (Å²) >= 11 is 0. The van der Waals surface area contributed by atoms with Gasteiger partial charge in [-0.2, -0.15) is 0 Å². The van der Waals surface area contributed by atoms with E-state index in [1.807, 2.05) is 0 Å². The van der Waals surface area contributed by atoms with Gasteiger partial charge in [0.25, 0.3) is 0 Å². The van der Waals surface area contributed by atoms with Crippen molar-refractivity contribution in [2.24, 2.45) is 0 Å². The van der Waals surface area contributed by atoms with E-state index in [0.717, 1.165) is 0 Å². The fourth-order valence-corrected chi connectivity index (χ4v) is 7.72. The van der Waals surface area contributed by atoms with Crippen LogP contribution in [0.1, 0.15) is 63.5 Å². The lowest BCUT2D eigenvalue weighted by atomic mass is 9.82. The van der Waals surface area contributed by atoms with Gasteiger partial charge in [0, 0.05) is 27.8 Å². The quantitative estimate of drug-likeness (QED) is 0.0689. The Morgan fingerprint density at radius 1 is 0.433 bits per heavy atom. The van der Waals surface area contributed by atoms with E-state index >= 15 is 0 Å². The van der Waals surface area contributed by atoms with Crippen LogP contribution in [0.4, 0.5) is 0 Å². The zero-order valence-corrected chi connectivity index (χ0v) is 32.7. The first kappa shape index (κ1) is 44.0. The number of aliphatic hydroxyl groups excluding tert-OH is 1. The average Bonchev–Trinajstić information content (AvgIpc) is 3.29. The second-order valence-corrected chi connectivity index (χ2v) is 14.7. The highest BCUT2D eigenvalue weighted by molar-refractivity contribution is 6.11. The molecule has 67 heavy (non-hydrogen) atoms. The Hall–Kier alpha value is -9.59. The van der Waals surface area contributed by atoms with Crippen LogP contribution >= 0.6 is 0 Å². The number of cyclic esters (lactones) is 2. The van der Waals surface area contributed by atoms with Crippen molar-refractivity contribution in [1.82, 2.24) is 0 Å². The van der Waals surface area contributed by atoms with Crippen LogP contribution in [0.15, 0.2) is 30.3 Å². The number of phenolic OH excluding ortho intramolecular Hbond substituents is 15. The highest BCUT2D eigenvalue weighted by Crippen LogP contribution is 2.58. The predicted octanol–water partition coefficient (Wildman–Crippen LogP) is 1.34. The molecule has 348 valence electrons. The van der Waals surface area contributed by atoms with Gasteiger partial charge in [0.2, 0.25) is 23.0 Å². The molecule has 16 N–H and O–H groups in total. The first-order valence-electron chi connectivity index (χ1n) is 18.6. The second-order valence-electron chi connectivity index (χ2n) is 14.7. The third kappa shape index (κ3) is 6.57. The molecule has 0 amide bonds. The van der Waals surface area contributed by atoms with E-state index in [4.69, 9.17) is 23.7 Å². The minimum Gasteiger partial charge on any atom is -0.504 e. The Labute approximate surface area is 368 Å². The number of benzene rings is 5. The number of hydrogen-bond donors (Lipinski definition) is 16. The molecule has 4 heterocycles. The number of aromatic hydroxyl groups is 15. The van der Waals surface area contributed by atoms with E-state index in [1.165, 1.54) is 0 Å². The first-order valence-corrected chi connectivity index (χ1v) is 18.6. The first-order chi connectivity index (χ1) is 31.5. The minimum atomic E-state index is -2.79. The predicted molar refractivity (Wildman–Crippen MR) is 207 cm³/mol. The molecule has 9 rings (SSSR count). The maximum atomic E-state index is 14.6. The zero-order chi connectivity index (χ0) is 49.0. The fourth-order valence-electron chi connectivity index (χ4n) is 7.72. The molecule has 0 radical (unpaired) electrons. The summed E-state index contributed by atoms with van der Waals surface area (Å²) in [6, 6.07) is 2.15. The highest BCUT2D eigenvalue weighted by atomic mass is 16.6. The van der Waals surface area contributed by atoms with Crippen molar-refractivity contribution in [1.29, 1.82) is 0 Å². The van der Waals surface area contributed by atoms with E-state index in [0.29, 0.717) is 30.3 Å². The van der Waals surface area contributed by atoms with Gasteiger partial charge in [-0.1, -0.05) is 0 Å². The molecule has 4 bridgehead atoms. The summed E-state index contributed by atoms with van der Waals surface area (Å²) in [7, 11) is 0. The molecule has 0 saturated carbocycles. The van der Waals surface area contributed by atoms with Gasteiger partial charge in [0.15, 0.2) is 87.7 Å². The molecule has 0 spiro atoms. The number of esters is 5. The lowest BCUT2D eigenvalue weighted by molar-refractivity contribution is -0.154. The Kier molecular flexibility index (Phi) is 10.1. The van der Waals surface area contributed by atoms with Crippen molar-refractivity contribution in [3.05, 3.63) is 63.7 Å². The minimum absolute atomic E-state index is 0.331. The van der Waals surface area contributed by atoms with E-state index in [1.54, 1.807) is 0 Å². The lowest BCUT2D eigenvalue weighted by Gasteiger charge is -2.40. The van der Waals surface area contributed by atoms with Gasteiger partial charge in [-0.3, -0.25) is 0 Å². The second kappa shape index (κ2) is 15.3. The number of aliphatic hydroxyl groups is 1. The van der Waals surface area contributed by atoms with Gasteiger partial charge in [-0.25, -0.2) is 24.0 Å². The molecule has 5 aromatic carbocycles. The smallest absolute Gasteiger partial charge is 0.339 e. The van der Waals surface area contributed by atoms with Crippen LogP contribution in [0, 0.1) is 0 Å². The van der Waals surface area contributed by atoms with E-state index in [9.17, 15) is 106 Å². The molecule has 4 aliphatic rings. The van der Waals surface area contributed by atoms with Crippen molar-refractivity contribution in [2.45, 2.75) is 30.5 Å². The summed E-state index contributed by atoms with van der Waals surface area (Å²) in [5, 5.41) is 172. The largest absolute Gasteiger partial charge is 0.504 e. The van der Waals surface area contributed by atoms with Crippen LogP contribution in [0.3, 0.4) is 0 Å². The molecular formula is C41H28O26. The van der Waals surface area contributed by atoms with Crippen molar-refractivity contribution in [3.63, 3.8) is 0 Å². The van der Waals surface area contributed by atoms with Gasteiger partial charge in [0.1, 0.15) is 12.7 Å². The summed E-state index contributed by atoms with van der Waals surface area (Å²) < 4.78 is 27.6. The lowest BCUT2D eigenvalue weighted by Crippen LogP contribution is -2.56. The third-order valence-corrected chi connectivity index (χ3v) is 10.9. The fraction of sp³-hybridized carbons (Fsp3) is 0.146. The Morgan fingerprint density at radius 2 is 0.836 bits per heavy atom. The number of rotatable bonds is 3. The molecule has 26 heteroatoms. The molecule has 3 unspecified atom stereocenters. The van der Waals surface area contributed by atoms with Crippen LogP contribution in [-0.4, -0.2) is 143 Å². The normalized spacial score (nSPS) is 19.9. The molecule has 0 aromatic heterocycles. The van der Waals surface area contributed by atoms with E-state index in [2.05, 4.69) is 0 Å². The molecule has 0 aliphatic carbocycles. The number of carbonyl (C=O) groups excluding carboxylic acids is 5. The number of fused-ring (bicyclic) bond motifs is 6. The number of phenols is 15. The topological polar surface area (TPSA) is 455 Å². The standard InChI is InChI=1S/C41H28O26/c42-11-1-7(2-12(43)23(11)47)37(58)64-16-6-63-38(59)8-3-13(44)24(48)27(51)17(8)18-9(4-14(45)25(49)28(18)52)39(60)65-34(16)36-35-32(56)22-21(41(62)66-35)20(30(54)33(57)31(22)55)19-10(40(61)67-36)5-15(46)26(50)29(19)53/h1-5,16,32,34-36,42-57H,6H2/t16?,32?,34-,35?,36+/m1/s1. The van der Waals surface area contributed by atoms with Gasteiger partial charge >= 0.3 is 29.8 Å². The van der Waals surface area contributed by atoms with Gasteiger partial charge in [-0.05, 0) is 30.3 Å². The van der Waals surface area contributed by atoms with Gasteiger partial charge in [-0.15, -0.1) is 0 Å². The molecule has 26 nitrogen and oxygen atoms in total. The van der Waals surface area contributed by atoms with Crippen molar-refractivity contribution in [2.75, 3.05) is 6.61 Å². The molecule has 0 fully saturated rings. The van der Waals surface area contributed by atoms with Gasteiger partial charge in [0.05, 0.1) is 27.8 Å². The van der Waals surface area contributed by atoms with Crippen molar-refractivity contribution < 1.29 is 129 Å². The summed E-state index contributed by atoms with van der Waals surface area (Å²) in [5.74, 6) is -29.6. The molecule has 5 aromatic rings. The average molecular weight is 937 g/mol. The van der Waals surface area contributed by atoms with Crippen molar-refractivity contribution >= 4 is 29.8 Å². The maximum Gasteiger partial charge on any atom is 0.339 e. The van der Waals surface area contributed by atoms with Crippen LogP contribution in [0.2, 0.25) is 0 Å². The monoisotopic (exact) mass is 936 g/mol. The number of hydrogen-bond acceptors (Lipinski definition) is 26. The van der Waals surface area contributed by atoms with E-state index in [-0.39, 0.29) is 0 Å². The summed E-state index contributed by atoms with van der Waals surface area (Å²) in [4.78, 5) is 70.9. The Bertz CT molecular complexity index is 3060. The SMILES string of the molecule is O=C(OC1COC(=O)c2cc(O)c(O)c(O)c2-c2c(cc(O)c(O)c2O)C(=O)O[C@H]1[C@@H]1OC(=O)c2cc(O)c(O)c(O)c2-c2c(O)c(O)c(O)c3c2C(=O)OC1C3O)c1cc(O)c(O)c(O)c1.